The van der Waals surface area contributed by atoms with Gasteiger partial charge in [-0.15, -0.1) is 0 Å². The Balaban J connectivity index is 4.22. The van der Waals surface area contributed by atoms with Crippen LogP contribution in [0.3, 0.4) is 0 Å². The maximum absolute atomic E-state index is 10.9. The van der Waals surface area contributed by atoms with Crippen molar-refractivity contribution in [3.63, 3.8) is 0 Å². The molecule has 0 unspecified atom stereocenters. The minimum Gasteiger partial charge on any atom is -0.482 e. The summed E-state index contributed by atoms with van der Waals surface area (Å²) in [5.74, 6) is -0.669. The number of carbonyl (C=O) groups is 1. The summed E-state index contributed by atoms with van der Waals surface area (Å²) in [5.41, 5.74) is 0. The van der Waals surface area contributed by atoms with Crippen LogP contribution in [0.25, 0.3) is 0 Å². The summed E-state index contributed by atoms with van der Waals surface area (Å²) in [7, 11) is 0. The predicted octanol–water partition coefficient (Wildman–Crippen LogP) is 2.23. The van der Waals surface area contributed by atoms with E-state index in [-0.39, 0.29) is 16.9 Å². The first-order valence-electron chi connectivity index (χ1n) is 3.48. The van der Waals surface area contributed by atoms with Crippen molar-refractivity contribution < 1.29 is 14.3 Å². The number of rotatable bonds is 4. The molecule has 0 aromatic heterocycles. The van der Waals surface area contributed by atoms with Gasteiger partial charge in [0, 0.05) is 0 Å². The van der Waals surface area contributed by atoms with E-state index in [1.807, 2.05) is 0 Å². The molecule has 0 saturated heterocycles. The van der Waals surface area contributed by atoms with Gasteiger partial charge in [0.05, 0.1) is 13.2 Å². The van der Waals surface area contributed by atoms with Crippen LogP contribution < -0.4 is 0 Å². The molecule has 0 aliphatic heterocycles. The number of ether oxygens (including phenoxy) is 2. The zero-order valence-corrected chi connectivity index (χ0v) is 8.41. The summed E-state index contributed by atoms with van der Waals surface area (Å²) >= 11 is 11.0. The third kappa shape index (κ3) is 3.83. The molecule has 5 heteroatoms. The summed E-state index contributed by atoms with van der Waals surface area (Å²) < 4.78 is 9.36. The molecule has 0 fully saturated rings. The molecule has 0 rings (SSSR count). The van der Waals surface area contributed by atoms with Crippen LogP contribution in [0.4, 0.5) is 0 Å². The second kappa shape index (κ2) is 6.14. The molecular weight excluding hydrogens is 203 g/mol. The Morgan fingerprint density at radius 3 is 2.08 bits per heavy atom. The zero-order chi connectivity index (χ0) is 9.56. The van der Waals surface area contributed by atoms with Gasteiger partial charge in [-0.1, -0.05) is 11.6 Å². The number of hydrogen-bond acceptors (Lipinski definition) is 3. The van der Waals surface area contributed by atoms with Crippen molar-refractivity contribution in [3.8, 4) is 0 Å². The van der Waals surface area contributed by atoms with Gasteiger partial charge >= 0.3 is 5.97 Å². The highest BCUT2D eigenvalue weighted by Gasteiger charge is 2.13. The molecule has 0 bridgehead atoms. The van der Waals surface area contributed by atoms with Crippen LogP contribution in [-0.4, -0.2) is 19.2 Å². The Morgan fingerprint density at radius 2 is 1.67 bits per heavy atom. The van der Waals surface area contributed by atoms with Crippen molar-refractivity contribution in [2.75, 3.05) is 13.2 Å². The van der Waals surface area contributed by atoms with E-state index in [9.17, 15) is 4.79 Å². The van der Waals surface area contributed by atoms with Crippen LogP contribution in [0.15, 0.2) is 10.3 Å². The first-order chi connectivity index (χ1) is 5.63. The van der Waals surface area contributed by atoms with E-state index in [2.05, 4.69) is 4.74 Å². The highest BCUT2D eigenvalue weighted by Crippen LogP contribution is 2.16. The van der Waals surface area contributed by atoms with Gasteiger partial charge in [-0.3, -0.25) is 0 Å². The maximum Gasteiger partial charge on any atom is 0.354 e. The molecule has 0 N–H and O–H groups in total. The fraction of sp³-hybridized carbons (Fsp3) is 0.571. The second-order valence-electron chi connectivity index (χ2n) is 1.74. The van der Waals surface area contributed by atoms with Gasteiger partial charge in [0.25, 0.3) is 0 Å². The largest absolute Gasteiger partial charge is 0.482 e. The highest BCUT2D eigenvalue weighted by atomic mass is 35.5. The number of hydrogen-bond donors (Lipinski definition) is 0. The summed E-state index contributed by atoms with van der Waals surface area (Å²) in [6.45, 7) is 4.02. The van der Waals surface area contributed by atoms with Crippen LogP contribution in [0.2, 0.25) is 0 Å². The fourth-order valence-corrected chi connectivity index (χ4v) is 0.760. The molecule has 0 saturated carbocycles. The van der Waals surface area contributed by atoms with Crippen LogP contribution >= 0.6 is 23.2 Å². The van der Waals surface area contributed by atoms with Crippen molar-refractivity contribution in [2.45, 2.75) is 13.8 Å². The van der Waals surface area contributed by atoms with Gasteiger partial charge < -0.3 is 9.47 Å². The molecule has 0 amide bonds. The molecule has 0 aliphatic rings. The Morgan fingerprint density at radius 1 is 1.17 bits per heavy atom. The first kappa shape index (κ1) is 11.6. The summed E-state index contributed by atoms with van der Waals surface area (Å²) in [6, 6.07) is 0. The van der Waals surface area contributed by atoms with Crippen LogP contribution in [-0.2, 0) is 14.3 Å². The van der Waals surface area contributed by atoms with E-state index in [4.69, 9.17) is 27.9 Å². The van der Waals surface area contributed by atoms with Gasteiger partial charge in [-0.25, -0.2) is 4.79 Å². The van der Waals surface area contributed by atoms with Crippen molar-refractivity contribution in [1.82, 2.24) is 0 Å². The van der Waals surface area contributed by atoms with Crippen LogP contribution in [0, 0.1) is 0 Å². The summed E-state index contributed by atoms with van der Waals surface area (Å²) in [6.07, 6.45) is 0. The van der Waals surface area contributed by atoms with Crippen LogP contribution in [0.1, 0.15) is 13.8 Å². The van der Waals surface area contributed by atoms with E-state index in [1.165, 1.54) is 0 Å². The Bertz CT molecular complexity index is 189. The molecule has 70 valence electrons. The molecule has 0 radical (unpaired) electrons. The highest BCUT2D eigenvalue weighted by molar-refractivity contribution is 6.46. The number of halogens is 2. The lowest BCUT2D eigenvalue weighted by Gasteiger charge is -2.03. The van der Waals surface area contributed by atoms with Gasteiger partial charge in [0.15, 0.2) is 5.03 Å². The van der Waals surface area contributed by atoms with Crippen molar-refractivity contribution in [2.24, 2.45) is 0 Å². The van der Waals surface area contributed by atoms with Crippen molar-refractivity contribution >= 4 is 29.2 Å². The predicted molar refractivity (Wildman–Crippen MR) is 47.0 cm³/mol. The van der Waals surface area contributed by atoms with Gasteiger partial charge in [-0.2, -0.15) is 0 Å². The average Bonchev–Trinajstić information content (AvgIpc) is 2.04. The quantitative estimate of drug-likeness (QED) is 0.408. The topological polar surface area (TPSA) is 35.5 Å². The lowest BCUT2D eigenvalue weighted by Crippen LogP contribution is -2.05. The molecule has 0 heterocycles. The van der Waals surface area contributed by atoms with E-state index in [1.54, 1.807) is 13.8 Å². The monoisotopic (exact) mass is 212 g/mol. The van der Waals surface area contributed by atoms with Crippen molar-refractivity contribution in [3.05, 3.63) is 10.3 Å². The molecule has 0 atom stereocenters. The second-order valence-corrected chi connectivity index (χ2v) is 2.46. The van der Waals surface area contributed by atoms with Crippen LogP contribution in [0.5, 0.6) is 0 Å². The lowest BCUT2D eigenvalue weighted by molar-refractivity contribution is -0.137. The van der Waals surface area contributed by atoms with Gasteiger partial charge in [0.1, 0.15) is 0 Å². The minimum absolute atomic E-state index is 0.127. The Kier molecular flexibility index (Phi) is 5.93. The molecule has 0 aromatic rings. The van der Waals surface area contributed by atoms with Gasteiger partial charge in [0.2, 0.25) is 5.22 Å². The van der Waals surface area contributed by atoms with E-state index in [0.717, 1.165) is 0 Å². The third-order valence-corrected chi connectivity index (χ3v) is 1.62. The summed E-state index contributed by atoms with van der Waals surface area (Å²) in [4.78, 5) is 10.9. The molecule has 12 heavy (non-hydrogen) atoms. The lowest BCUT2D eigenvalue weighted by atomic mass is 10.6. The standard InChI is InChI=1S/C7H10Cl2O3/c1-3-11-6(9)5(8)7(10)12-4-2/h3-4H2,1-2H3. The zero-order valence-electron chi connectivity index (χ0n) is 6.89. The van der Waals surface area contributed by atoms with E-state index >= 15 is 0 Å². The minimum atomic E-state index is -0.669. The van der Waals surface area contributed by atoms with E-state index < -0.39 is 5.97 Å². The molecule has 0 aliphatic carbocycles. The fourth-order valence-electron chi connectivity index (χ4n) is 0.465. The SMILES string of the molecule is CCOC(=O)C(Cl)=C(Cl)OCC. The smallest absolute Gasteiger partial charge is 0.354 e. The Hall–Kier alpha value is -0.410. The maximum atomic E-state index is 10.9. The van der Waals surface area contributed by atoms with E-state index in [0.29, 0.717) is 6.61 Å². The third-order valence-electron chi connectivity index (χ3n) is 0.898. The Labute approximate surface area is 81.2 Å². The average molecular weight is 213 g/mol. The molecule has 0 spiro atoms. The van der Waals surface area contributed by atoms with Gasteiger partial charge in [-0.05, 0) is 25.4 Å². The normalized spacial score (nSPS) is 12.0. The molecule has 3 nitrogen and oxygen atoms in total. The molecule has 0 aromatic carbocycles. The first-order valence-corrected chi connectivity index (χ1v) is 4.24. The van der Waals surface area contributed by atoms with Crippen molar-refractivity contribution in [1.29, 1.82) is 0 Å². The summed E-state index contributed by atoms with van der Waals surface area (Å²) in [5, 5.41) is -0.349. The number of carbonyl (C=O) groups excluding carboxylic acids is 1. The number of esters is 1. The molecular formula is C7H10Cl2O3.